The number of nitrogens with zero attached hydrogens (tertiary/aromatic N) is 2. The van der Waals surface area contributed by atoms with Crippen LogP contribution in [0.3, 0.4) is 0 Å². The number of aryl methyl sites for hydroxylation is 1. The summed E-state index contributed by atoms with van der Waals surface area (Å²) >= 11 is 0. The second kappa shape index (κ2) is 8.97. The molecule has 1 atom stereocenters. The zero-order valence-corrected chi connectivity index (χ0v) is 16.6. The molecule has 0 bridgehead atoms. The van der Waals surface area contributed by atoms with Gasteiger partial charge in [0.15, 0.2) is 0 Å². The lowest BCUT2D eigenvalue weighted by Crippen LogP contribution is -2.49. The Morgan fingerprint density at radius 2 is 1.87 bits per heavy atom. The molecule has 2 aromatic carbocycles. The lowest BCUT2D eigenvalue weighted by atomic mass is 10.0. The minimum atomic E-state index is -0.658. The quantitative estimate of drug-likeness (QED) is 0.756. The number of fused-ring (bicyclic) bond motifs is 1. The van der Waals surface area contributed by atoms with E-state index in [9.17, 15) is 18.7 Å². The number of aliphatic hydroxyl groups excluding tert-OH is 1. The molecule has 8 heteroatoms. The summed E-state index contributed by atoms with van der Waals surface area (Å²) in [5.74, 6) is -0.447. The molecule has 6 nitrogen and oxygen atoms in total. The van der Waals surface area contributed by atoms with E-state index in [2.05, 4.69) is 10.2 Å². The van der Waals surface area contributed by atoms with Gasteiger partial charge in [-0.15, -0.1) is 0 Å². The number of ether oxygens (including phenoxy) is 1. The van der Waals surface area contributed by atoms with Crippen molar-refractivity contribution in [3.8, 4) is 5.75 Å². The summed E-state index contributed by atoms with van der Waals surface area (Å²) in [4.78, 5) is 15.4. The van der Waals surface area contributed by atoms with E-state index in [0.29, 0.717) is 57.0 Å². The molecular formula is C22H25F2N3O3. The van der Waals surface area contributed by atoms with Gasteiger partial charge in [0.1, 0.15) is 30.1 Å². The molecule has 2 aromatic rings. The minimum Gasteiger partial charge on any atom is -0.491 e. The van der Waals surface area contributed by atoms with Crippen molar-refractivity contribution in [2.24, 2.45) is 0 Å². The average Bonchev–Trinajstić information content (AvgIpc) is 2.73. The number of benzene rings is 2. The van der Waals surface area contributed by atoms with Crippen LogP contribution >= 0.6 is 0 Å². The van der Waals surface area contributed by atoms with Crippen LogP contribution < -0.4 is 15.0 Å². The van der Waals surface area contributed by atoms with Crippen LogP contribution in [-0.2, 0) is 11.2 Å². The van der Waals surface area contributed by atoms with Gasteiger partial charge in [0.05, 0.1) is 5.69 Å². The van der Waals surface area contributed by atoms with Gasteiger partial charge in [-0.05, 0) is 42.3 Å². The van der Waals surface area contributed by atoms with Crippen LogP contribution in [0.1, 0.15) is 12.0 Å². The van der Waals surface area contributed by atoms with Gasteiger partial charge in [-0.1, -0.05) is 0 Å². The molecule has 4 rings (SSSR count). The van der Waals surface area contributed by atoms with Gasteiger partial charge < -0.3 is 20.1 Å². The van der Waals surface area contributed by atoms with Gasteiger partial charge in [-0.25, -0.2) is 8.78 Å². The molecule has 2 aliphatic heterocycles. The van der Waals surface area contributed by atoms with Crippen LogP contribution in [0, 0.1) is 11.6 Å². The van der Waals surface area contributed by atoms with Gasteiger partial charge in [0.2, 0.25) is 5.91 Å². The minimum absolute atomic E-state index is 0.0221. The van der Waals surface area contributed by atoms with Crippen LogP contribution in [0.4, 0.5) is 20.2 Å². The Hall–Kier alpha value is -2.71. The first-order chi connectivity index (χ1) is 14.5. The van der Waals surface area contributed by atoms with Gasteiger partial charge in [-0.3, -0.25) is 9.69 Å². The highest BCUT2D eigenvalue weighted by atomic mass is 19.1. The van der Waals surface area contributed by atoms with E-state index < -0.39 is 17.7 Å². The Morgan fingerprint density at radius 1 is 1.07 bits per heavy atom. The Balaban J connectivity index is 1.23. The molecule has 0 saturated carbocycles. The molecule has 0 spiro atoms. The summed E-state index contributed by atoms with van der Waals surface area (Å²) in [7, 11) is 0. The SMILES string of the molecule is O=C1CCc2cc(OCC(O)CN3CCN(c4ccc(F)cc4F)CC3)ccc2N1. The monoisotopic (exact) mass is 417 g/mol. The summed E-state index contributed by atoms with van der Waals surface area (Å²) in [5, 5.41) is 13.2. The third-order valence-corrected chi connectivity index (χ3v) is 5.51. The lowest BCUT2D eigenvalue weighted by Gasteiger charge is -2.37. The Morgan fingerprint density at radius 3 is 2.63 bits per heavy atom. The third-order valence-electron chi connectivity index (χ3n) is 5.51. The summed E-state index contributed by atoms with van der Waals surface area (Å²) in [6, 6.07) is 9.14. The molecule has 0 aliphatic carbocycles. The van der Waals surface area contributed by atoms with E-state index in [4.69, 9.17) is 4.74 Å². The highest BCUT2D eigenvalue weighted by molar-refractivity contribution is 5.93. The molecule has 2 heterocycles. The number of piperazine rings is 1. The number of hydrogen-bond donors (Lipinski definition) is 2. The predicted molar refractivity (Wildman–Crippen MR) is 110 cm³/mol. The van der Waals surface area contributed by atoms with Crippen molar-refractivity contribution in [2.75, 3.05) is 49.5 Å². The molecular weight excluding hydrogens is 392 g/mol. The van der Waals surface area contributed by atoms with E-state index in [-0.39, 0.29) is 12.5 Å². The zero-order valence-electron chi connectivity index (χ0n) is 16.6. The number of carbonyl (C=O) groups excluding carboxylic acids is 1. The van der Waals surface area contributed by atoms with Crippen LogP contribution in [0.15, 0.2) is 36.4 Å². The highest BCUT2D eigenvalue weighted by Crippen LogP contribution is 2.27. The third kappa shape index (κ3) is 4.88. The highest BCUT2D eigenvalue weighted by Gasteiger charge is 2.22. The van der Waals surface area contributed by atoms with Crippen molar-refractivity contribution in [1.82, 2.24) is 4.90 Å². The molecule has 0 radical (unpaired) electrons. The van der Waals surface area contributed by atoms with Crippen molar-refractivity contribution in [1.29, 1.82) is 0 Å². The van der Waals surface area contributed by atoms with Crippen molar-refractivity contribution in [3.63, 3.8) is 0 Å². The zero-order chi connectivity index (χ0) is 21.1. The number of β-amino-alcohol motifs (C(OH)–C–C–N with tert-alkyl or cyclic N) is 1. The Bertz CT molecular complexity index is 916. The number of aliphatic hydroxyl groups is 1. The average molecular weight is 417 g/mol. The molecule has 2 N–H and O–H groups in total. The van der Waals surface area contributed by atoms with Crippen LogP contribution in [-0.4, -0.2) is 61.3 Å². The molecule has 0 aromatic heterocycles. The number of nitrogens with one attached hydrogen (secondary N) is 1. The Kier molecular flexibility index (Phi) is 6.15. The summed E-state index contributed by atoms with van der Waals surface area (Å²) in [6.07, 6.45) is 0.488. The molecule has 1 fully saturated rings. The second-order valence-electron chi connectivity index (χ2n) is 7.72. The molecule has 2 aliphatic rings. The molecule has 1 amide bonds. The number of halogens is 2. The van der Waals surface area contributed by atoms with Crippen molar-refractivity contribution in [2.45, 2.75) is 18.9 Å². The first-order valence-electron chi connectivity index (χ1n) is 10.1. The van der Waals surface area contributed by atoms with E-state index in [1.807, 2.05) is 17.0 Å². The molecule has 1 saturated heterocycles. The van der Waals surface area contributed by atoms with Crippen molar-refractivity contribution >= 4 is 17.3 Å². The summed E-state index contributed by atoms with van der Waals surface area (Å²) in [5.41, 5.74) is 2.25. The van der Waals surface area contributed by atoms with Gasteiger partial charge in [-0.2, -0.15) is 0 Å². The Labute approximate surface area is 174 Å². The largest absolute Gasteiger partial charge is 0.491 e. The smallest absolute Gasteiger partial charge is 0.224 e. The number of hydrogen-bond acceptors (Lipinski definition) is 5. The number of amides is 1. The first-order valence-corrected chi connectivity index (χ1v) is 10.1. The summed E-state index contributed by atoms with van der Waals surface area (Å²) in [6.45, 7) is 3.18. The molecule has 30 heavy (non-hydrogen) atoms. The fourth-order valence-electron chi connectivity index (χ4n) is 3.90. The second-order valence-corrected chi connectivity index (χ2v) is 7.72. The van der Waals surface area contributed by atoms with Crippen LogP contribution in [0.25, 0.3) is 0 Å². The summed E-state index contributed by atoms with van der Waals surface area (Å²) < 4.78 is 32.8. The van der Waals surface area contributed by atoms with Crippen molar-refractivity contribution < 1.29 is 23.4 Å². The van der Waals surface area contributed by atoms with Crippen molar-refractivity contribution in [3.05, 3.63) is 53.6 Å². The van der Waals surface area contributed by atoms with E-state index in [1.165, 1.54) is 12.1 Å². The number of carbonyl (C=O) groups is 1. The van der Waals surface area contributed by atoms with Gasteiger partial charge in [0.25, 0.3) is 0 Å². The maximum absolute atomic E-state index is 14.0. The normalized spacial score (nSPS) is 18.0. The fourth-order valence-corrected chi connectivity index (χ4v) is 3.90. The lowest BCUT2D eigenvalue weighted by molar-refractivity contribution is -0.116. The maximum atomic E-state index is 14.0. The topological polar surface area (TPSA) is 65.0 Å². The van der Waals surface area contributed by atoms with Gasteiger partial charge in [0, 0.05) is 50.9 Å². The molecule has 160 valence electrons. The predicted octanol–water partition coefficient (Wildman–Crippen LogP) is 2.41. The van der Waals surface area contributed by atoms with Crippen LogP contribution in [0.5, 0.6) is 5.75 Å². The van der Waals surface area contributed by atoms with E-state index in [1.54, 1.807) is 6.07 Å². The maximum Gasteiger partial charge on any atom is 0.224 e. The first kappa shape index (κ1) is 20.6. The standard InChI is InChI=1S/C22H25F2N3O3/c23-16-2-5-21(19(24)12-16)27-9-7-26(8-10-27)13-17(28)14-30-18-3-4-20-15(11-18)1-6-22(29)25-20/h2-5,11-12,17,28H,1,6-10,13-14H2,(H,25,29). The number of anilines is 2. The van der Waals surface area contributed by atoms with Crippen LogP contribution in [0.2, 0.25) is 0 Å². The molecule has 1 unspecified atom stereocenters. The van der Waals surface area contributed by atoms with E-state index in [0.717, 1.165) is 17.3 Å². The number of rotatable bonds is 6. The van der Waals surface area contributed by atoms with E-state index >= 15 is 0 Å². The van der Waals surface area contributed by atoms with Gasteiger partial charge >= 0.3 is 0 Å². The fraction of sp³-hybridized carbons (Fsp3) is 0.409.